The van der Waals surface area contributed by atoms with Crippen molar-refractivity contribution in [2.45, 2.75) is 25.2 Å². The molecule has 24 heavy (non-hydrogen) atoms. The van der Waals surface area contributed by atoms with Crippen LogP contribution in [0.2, 0.25) is 0 Å². The fourth-order valence-corrected chi connectivity index (χ4v) is 2.80. The Morgan fingerprint density at radius 2 is 1.71 bits per heavy atom. The summed E-state index contributed by atoms with van der Waals surface area (Å²) in [6.45, 7) is 4.15. The molecule has 0 saturated carbocycles. The van der Waals surface area contributed by atoms with Gasteiger partial charge in [-0.15, -0.1) is 11.8 Å². The number of thiocarbonyl (C=S) groups is 1. The molecule has 6 heteroatoms. The third kappa shape index (κ3) is 6.22. The lowest BCUT2D eigenvalue weighted by molar-refractivity contribution is -0.119. The Hall–Kier alpha value is -2.05. The second-order valence-electron chi connectivity index (χ2n) is 5.28. The Kier molecular flexibility index (Phi) is 7.08. The third-order valence-corrected chi connectivity index (χ3v) is 4.54. The zero-order valence-corrected chi connectivity index (χ0v) is 15.4. The van der Waals surface area contributed by atoms with Crippen molar-refractivity contribution in [1.82, 2.24) is 10.9 Å². The Morgan fingerprint density at radius 3 is 2.33 bits per heavy atom. The van der Waals surface area contributed by atoms with E-state index in [2.05, 4.69) is 23.1 Å². The molecule has 2 rings (SSSR count). The van der Waals surface area contributed by atoms with Crippen LogP contribution in [0.4, 0.5) is 5.69 Å². The van der Waals surface area contributed by atoms with Gasteiger partial charge in [0, 0.05) is 10.6 Å². The van der Waals surface area contributed by atoms with Gasteiger partial charge in [0.05, 0.1) is 5.75 Å². The summed E-state index contributed by atoms with van der Waals surface area (Å²) in [4.78, 5) is 12.9. The summed E-state index contributed by atoms with van der Waals surface area (Å²) in [5, 5.41) is 3.38. The van der Waals surface area contributed by atoms with E-state index in [1.807, 2.05) is 55.5 Å². The summed E-state index contributed by atoms with van der Waals surface area (Å²) in [5.41, 5.74) is 8.66. The van der Waals surface area contributed by atoms with E-state index < -0.39 is 0 Å². The topological polar surface area (TPSA) is 53.2 Å². The highest BCUT2D eigenvalue weighted by Gasteiger charge is 2.04. The lowest BCUT2D eigenvalue weighted by atomic mass is 10.1. The fourth-order valence-electron chi connectivity index (χ4n) is 1.93. The van der Waals surface area contributed by atoms with Crippen LogP contribution in [0.1, 0.15) is 18.1 Å². The number of nitrogens with one attached hydrogen (secondary N) is 3. The molecule has 0 aliphatic rings. The number of hydrogen-bond acceptors (Lipinski definition) is 3. The highest BCUT2D eigenvalue weighted by Crippen LogP contribution is 2.17. The van der Waals surface area contributed by atoms with Crippen molar-refractivity contribution in [1.29, 1.82) is 0 Å². The molecule has 0 radical (unpaired) electrons. The van der Waals surface area contributed by atoms with E-state index in [-0.39, 0.29) is 5.91 Å². The van der Waals surface area contributed by atoms with Gasteiger partial charge in [-0.05, 0) is 55.4 Å². The van der Waals surface area contributed by atoms with Crippen molar-refractivity contribution < 1.29 is 4.79 Å². The number of thioether (sulfide) groups is 1. The van der Waals surface area contributed by atoms with Crippen molar-refractivity contribution in [3.8, 4) is 0 Å². The third-order valence-electron chi connectivity index (χ3n) is 3.33. The Labute approximate surface area is 152 Å². The quantitative estimate of drug-likeness (QED) is 0.432. The summed E-state index contributed by atoms with van der Waals surface area (Å²) in [7, 11) is 0. The van der Waals surface area contributed by atoms with Gasteiger partial charge in [0.1, 0.15) is 0 Å². The van der Waals surface area contributed by atoms with Gasteiger partial charge in [-0.2, -0.15) is 0 Å². The molecule has 0 aliphatic carbocycles. The average Bonchev–Trinajstić information content (AvgIpc) is 2.60. The molecule has 126 valence electrons. The van der Waals surface area contributed by atoms with E-state index in [0.717, 1.165) is 17.0 Å². The lowest BCUT2D eigenvalue weighted by Gasteiger charge is -2.12. The zero-order valence-electron chi connectivity index (χ0n) is 13.8. The number of hydrazine groups is 1. The minimum absolute atomic E-state index is 0.133. The van der Waals surface area contributed by atoms with Crippen molar-refractivity contribution >= 4 is 40.7 Å². The molecule has 2 aromatic carbocycles. The van der Waals surface area contributed by atoms with Crippen LogP contribution >= 0.6 is 24.0 Å². The Balaban J connectivity index is 1.70. The normalized spacial score (nSPS) is 10.1. The van der Waals surface area contributed by atoms with Gasteiger partial charge < -0.3 is 5.32 Å². The number of hydrogen-bond donors (Lipinski definition) is 3. The lowest BCUT2D eigenvalue weighted by Crippen LogP contribution is -2.44. The van der Waals surface area contributed by atoms with Crippen LogP contribution in [-0.4, -0.2) is 16.8 Å². The van der Waals surface area contributed by atoms with E-state index in [4.69, 9.17) is 12.2 Å². The maximum Gasteiger partial charge on any atom is 0.248 e. The van der Waals surface area contributed by atoms with E-state index >= 15 is 0 Å². The van der Waals surface area contributed by atoms with Crippen molar-refractivity contribution in [3.63, 3.8) is 0 Å². The van der Waals surface area contributed by atoms with Gasteiger partial charge in [-0.25, -0.2) is 0 Å². The number of rotatable bonds is 5. The van der Waals surface area contributed by atoms with Gasteiger partial charge in [-0.3, -0.25) is 15.6 Å². The molecule has 0 unspecified atom stereocenters. The first-order valence-electron chi connectivity index (χ1n) is 7.71. The number of anilines is 1. The Bertz CT molecular complexity index is 684. The highest BCUT2D eigenvalue weighted by atomic mass is 32.2. The summed E-state index contributed by atoms with van der Waals surface area (Å²) < 4.78 is 0. The number of aryl methyl sites for hydroxylation is 2. The maximum atomic E-state index is 11.8. The smallest absolute Gasteiger partial charge is 0.248 e. The van der Waals surface area contributed by atoms with E-state index in [1.165, 1.54) is 22.9 Å². The van der Waals surface area contributed by atoms with Crippen LogP contribution in [0, 0.1) is 6.92 Å². The molecule has 3 N–H and O–H groups in total. The molecule has 0 aromatic heterocycles. The van der Waals surface area contributed by atoms with Gasteiger partial charge >= 0.3 is 0 Å². The standard InChI is InChI=1S/C18H21N3OS2/c1-3-14-6-8-15(9-7-14)19-18(23)21-20-17(22)12-24-16-10-4-13(2)5-11-16/h4-11H,3,12H2,1-2H3,(H,20,22)(H2,19,21,23). The first-order chi connectivity index (χ1) is 11.6. The number of carbonyl (C=O) groups is 1. The number of benzene rings is 2. The minimum Gasteiger partial charge on any atom is -0.331 e. The predicted molar refractivity (Wildman–Crippen MR) is 105 cm³/mol. The van der Waals surface area contributed by atoms with E-state index in [9.17, 15) is 4.79 Å². The molecule has 0 bridgehead atoms. The SMILES string of the molecule is CCc1ccc(NC(=S)NNC(=O)CSc2ccc(C)cc2)cc1. The second-order valence-corrected chi connectivity index (χ2v) is 6.74. The predicted octanol–water partition coefficient (Wildman–Crippen LogP) is 3.67. The van der Waals surface area contributed by atoms with Gasteiger partial charge in [0.2, 0.25) is 5.91 Å². The van der Waals surface area contributed by atoms with Crippen molar-refractivity contribution in [3.05, 3.63) is 59.7 Å². The summed E-state index contributed by atoms with van der Waals surface area (Å²) in [5.74, 6) is 0.190. The molecule has 1 amide bonds. The van der Waals surface area contributed by atoms with Gasteiger partial charge in [0.25, 0.3) is 0 Å². The number of carbonyl (C=O) groups excluding carboxylic acids is 1. The first kappa shape index (κ1) is 18.3. The molecular formula is C18H21N3OS2. The van der Waals surface area contributed by atoms with Crippen LogP contribution in [0.15, 0.2) is 53.4 Å². The molecule has 0 saturated heterocycles. The average molecular weight is 360 g/mol. The molecule has 0 fully saturated rings. The van der Waals surface area contributed by atoms with E-state index in [0.29, 0.717) is 10.9 Å². The second kappa shape index (κ2) is 9.30. The van der Waals surface area contributed by atoms with Crippen molar-refractivity contribution in [2.24, 2.45) is 0 Å². The summed E-state index contributed by atoms with van der Waals surface area (Å²) in [6.07, 6.45) is 0.998. The Morgan fingerprint density at radius 1 is 1.04 bits per heavy atom. The molecule has 0 aliphatic heterocycles. The summed E-state index contributed by atoms with van der Waals surface area (Å²) >= 11 is 6.65. The number of amides is 1. The molecule has 4 nitrogen and oxygen atoms in total. The first-order valence-corrected chi connectivity index (χ1v) is 9.10. The maximum absolute atomic E-state index is 11.8. The minimum atomic E-state index is -0.133. The molecule has 0 atom stereocenters. The molecule has 0 spiro atoms. The molecule has 2 aromatic rings. The largest absolute Gasteiger partial charge is 0.331 e. The van der Waals surface area contributed by atoms with Crippen LogP contribution in [-0.2, 0) is 11.2 Å². The summed E-state index contributed by atoms with van der Waals surface area (Å²) in [6, 6.07) is 16.1. The van der Waals surface area contributed by atoms with Crippen LogP contribution in [0.3, 0.4) is 0 Å². The van der Waals surface area contributed by atoms with Crippen LogP contribution < -0.4 is 16.2 Å². The van der Waals surface area contributed by atoms with Crippen molar-refractivity contribution in [2.75, 3.05) is 11.1 Å². The molecular weight excluding hydrogens is 338 g/mol. The monoisotopic (exact) mass is 359 g/mol. The fraction of sp³-hybridized carbons (Fsp3) is 0.222. The molecule has 0 heterocycles. The van der Waals surface area contributed by atoms with Crippen LogP contribution in [0.25, 0.3) is 0 Å². The van der Waals surface area contributed by atoms with E-state index in [1.54, 1.807) is 0 Å². The highest BCUT2D eigenvalue weighted by molar-refractivity contribution is 8.00. The van der Waals surface area contributed by atoms with Gasteiger partial charge in [-0.1, -0.05) is 36.8 Å². The van der Waals surface area contributed by atoms with Crippen LogP contribution in [0.5, 0.6) is 0 Å². The zero-order chi connectivity index (χ0) is 17.4. The van der Waals surface area contributed by atoms with Gasteiger partial charge in [0.15, 0.2) is 5.11 Å².